The first-order chi connectivity index (χ1) is 23.8. The van der Waals surface area contributed by atoms with Gasteiger partial charge in [-0.25, -0.2) is 9.97 Å². The van der Waals surface area contributed by atoms with Crippen LogP contribution in [-0.2, 0) is 19.1 Å². The second-order valence-electron chi connectivity index (χ2n) is 13.3. The molecule has 0 spiro atoms. The fourth-order valence-electron chi connectivity index (χ4n) is 7.04. The number of aliphatic carboxylic acids is 2. The molecule has 0 saturated heterocycles. The second-order valence-corrected chi connectivity index (χ2v) is 13.3. The van der Waals surface area contributed by atoms with Crippen LogP contribution in [-0.4, -0.2) is 55.3 Å². The highest BCUT2D eigenvalue weighted by molar-refractivity contribution is 5.96. The number of nitrogens with zero attached hydrogens (tertiary/aromatic N) is 2. The van der Waals surface area contributed by atoms with Gasteiger partial charge in [0.2, 0.25) is 0 Å². The minimum Gasteiger partial charge on any atom is -0.481 e. The summed E-state index contributed by atoms with van der Waals surface area (Å²) in [6.07, 6.45) is 1.95. The molecule has 2 aliphatic heterocycles. The summed E-state index contributed by atoms with van der Waals surface area (Å²) in [5.41, 5.74) is 14.0. The van der Waals surface area contributed by atoms with E-state index in [0.717, 1.165) is 90.8 Å². The van der Waals surface area contributed by atoms with Gasteiger partial charge < -0.3 is 29.7 Å². The molecule has 2 unspecified atom stereocenters. The molecule has 3 aromatic rings. The average Bonchev–Trinajstić information content (AvgIpc) is 3.73. The Labute approximate surface area is 293 Å². The van der Waals surface area contributed by atoms with Crippen LogP contribution in [0.4, 0.5) is 0 Å². The van der Waals surface area contributed by atoms with E-state index < -0.39 is 11.9 Å². The van der Waals surface area contributed by atoms with Crippen LogP contribution in [0, 0.1) is 13.8 Å². The van der Waals surface area contributed by atoms with Gasteiger partial charge in [-0.05, 0) is 125 Å². The van der Waals surface area contributed by atoms with Crippen LogP contribution < -0.4 is 0 Å². The fourth-order valence-corrected chi connectivity index (χ4v) is 7.04. The molecule has 10 nitrogen and oxygen atoms in total. The summed E-state index contributed by atoms with van der Waals surface area (Å²) >= 11 is 0. The van der Waals surface area contributed by atoms with Crippen molar-refractivity contribution in [2.24, 2.45) is 0 Å². The number of aryl methyl sites for hydroxylation is 2. The Hall–Kier alpha value is -4.54. The summed E-state index contributed by atoms with van der Waals surface area (Å²) in [4.78, 5) is 40.9. The largest absolute Gasteiger partial charge is 0.481 e. The molecule has 8 bridgehead atoms. The number of fused-ring (bicyclic) bond motifs is 8. The van der Waals surface area contributed by atoms with Crippen LogP contribution in [0.15, 0.2) is 24.3 Å². The van der Waals surface area contributed by atoms with E-state index in [0.29, 0.717) is 37.4 Å². The van der Waals surface area contributed by atoms with Gasteiger partial charge in [0.1, 0.15) is 0 Å². The number of allylic oxidation sites excluding steroid dienone is 4. The van der Waals surface area contributed by atoms with E-state index >= 15 is 0 Å². The number of aromatic amines is 2. The Balaban J connectivity index is 1.93. The lowest BCUT2D eigenvalue weighted by molar-refractivity contribution is -0.137. The van der Waals surface area contributed by atoms with Crippen molar-refractivity contribution in [3.8, 4) is 0 Å². The lowest BCUT2D eigenvalue weighted by atomic mass is 9.98. The molecule has 3 aromatic heterocycles. The third-order valence-electron chi connectivity index (χ3n) is 9.77. The minimum absolute atomic E-state index is 0.0440. The standard InChI is InChI=1S/C40H50N4O6/c1-9-15-49-25(7)39-23(5)31-17-29-21(3)27(11-13-37(45)46)33(41-29)20-34-28(12-14-38(47)48)22(4)30(42-34)18-35-40(26(8)50-16-10-2)24(6)32(44-35)19-36(39)43-31/h17-20,25-26,43-44H,9-16H2,1-8H3,(H,45,46)(H,47,48). The van der Waals surface area contributed by atoms with E-state index in [9.17, 15) is 19.8 Å². The SMILES string of the molecule is CCCOC(C)c1c(C)c2cc3[nH]c(cc4nc(cc5nc(cc1[nH]2)C(C)=C5CCC(=O)O)C(CCC(=O)O)=C4C)c(C)c3C(C)OCCC. The Morgan fingerprint density at radius 1 is 0.640 bits per heavy atom. The fraction of sp³-hybridized carbons (Fsp3) is 0.450. The highest BCUT2D eigenvalue weighted by Crippen LogP contribution is 2.39. The van der Waals surface area contributed by atoms with Crippen LogP contribution in [0.2, 0.25) is 0 Å². The molecule has 266 valence electrons. The summed E-state index contributed by atoms with van der Waals surface area (Å²) in [7, 11) is 0. The third-order valence-corrected chi connectivity index (χ3v) is 9.77. The van der Waals surface area contributed by atoms with Gasteiger partial charge in [0.25, 0.3) is 0 Å². The summed E-state index contributed by atoms with van der Waals surface area (Å²) < 4.78 is 12.5. The number of nitrogens with one attached hydrogen (secondary N) is 2. The maximum atomic E-state index is 11.7. The molecule has 0 fully saturated rings. The molecule has 0 saturated carbocycles. The van der Waals surface area contributed by atoms with Gasteiger partial charge in [0.05, 0.1) is 35.0 Å². The normalized spacial score (nSPS) is 14.4. The summed E-state index contributed by atoms with van der Waals surface area (Å²) in [5, 5.41) is 19.2. The molecular formula is C40H50N4O6. The van der Waals surface area contributed by atoms with Crippen molar-refractivity contribution in [2.45, 2.75) is 106 Å². The Morgan fingerprint density at radius 2 is 1.04 bits per heavy atom. The van der Waals surface area contributed by atoms with Crippen LogP contribution in [0.25, 0.3) is 44.4 Å². The Kier molecular flexibility index (Phi) is 11.4. The molecule has 2 aliphatic rings. The molecule has 0 aromatic carbocycles. The van der Waals surface area contributed by atoms with Gasteiger partial charge >= 0.3 is 11.9 Å². The molecule has 0 radical (unpaired) electrons. The molecule has 0 aliphatic carbocycles. The molecule has 50 heavy (non-hydrogen) atoms. The molecule has 4 N–H and O–H groups in total. The van der Waals surface area contributed by atoms with E-state index in [-0.39, 0.29) is 25.0 Å². The first-order valence-corrected chi connectivity index (χ1v) is 17.7. The predicted molar refractivity (Wildman–Crippen MR) is 199 cm³/mol. The van der Waals surface area contributed by atoms with Gasteiger partial charge in [-0.15, -0.1) is 0 Å². The number of H-pyrrole nitrogens is 2. The van der Waals surface area contributed by atoms with Gasteiger partial charge in [-0.1, -0.05) is 13.8 Å². The number of hydrogen-bond acceptors (Lipinski definition) is 6. The summed E-state index contributed by atoms with van der Waals surface area (Å²) in [6.45, 7) is 17.7. The van der Waals surface area contributed by atoms with E-state index in [1.807, 2.05) is 32.0 Å². The Morgan fingerprint density at radius 3 is 1.46 bits per heavy atom. The number of carbonyl (C=O) groups is 2. The second kappa shape index (κ2) is 15.6. The molecule has 2 atom stereocenters. The predicted octanol–water partition coefficient (Wildman–Crippen LogP) is 9.50. The zero-order valence-corrected chi connectivity index (χ0v) is 30.5. The zero-order chi connectivity index (χ0) is 36.3. The van der Waals surface area contributed by atoms with Crippen molar-refractivity contribution >= 4 is 56.3 Å². The van der Waals surface area contributed by atoms with Gasteiger partial charge in [-0.2, -0.15) is 0 Å². The number of carboxylic acids is 2. The van der Waals surface area contributed by atoms with Gasteiger partial charge in [-0.3, -0.25) is 9.59 Å². The van der Waals surface area contributed by atoms with E-state index in [4.69, 9.17) is 19.4 Å². The highest BCUT2D eigenvalue weighted by atomic mass is 16.5. The van der Waals surface area contributed by atoms with Crippen LogP contribution in [0.1, 0.15) is 137 Å². The van der Waals surface area contributed by atoms with E-state index in [2.05, 4.69) is 57.6 Å². The van der Waals surface area contributed by atoms with Crippen molar-refractivity contribution in [1.29, 1.82) is 0 Å². The van der Waals surface area contributed by atoms with Crippen molar-refractivity contribution in [3.05, 3.63) is 69.3 Å². The summed E-state index contributed by atoms with van der Waals surface area (Å²) in [5.74, 6) is -1.78. The maximum absolute atomic E-state index is 11.7. The average molecular weight is 683 g/mol. The zero-order valence-electron chi connectivity index (χ0n) is 30.5. The first-order valence-electron chi connectivity index (χ1n) is 17.7. The number of ether oxygens (including phenoxy) is 2. The van der Waals surface area contributed by atoms with Crippen molar-refractivity contribution in [1.82, 2.24) is 19.9 Å². The van der Waals surface area contributed by atoms with Gasteiger partial charge in [0, 0.05) is 59.2 Å². The first kappa shape index (κ1) is 36.7. The smallest absolute Gasteiger partial charge is 0.303 e. The Bertz CT molecular complexity index is 2030. The third kappa shape index (κ3) is 7.61. The lowest BCUT2D eigenvalue weighted by Crippen LogP contribution is -2.02. The maximum Gasteiger partial charge on any atom is 0.303 e. The van der Waals surface area contributed by atoms with E-state index in [1.165, 1.54) is 0 Å². The molecule has 0 amide bonds. The molecule has 5 heterocycles. The lowest BCUT2D eigenvalue weighted by Gasteiger charge is -2.13. The monoisotopic (exact) mass is 682 g/mol. The van der Waals surface area contributed by atoms with Crippen LogP contribution in [0.5, 0.6) is 0 Å². The molecular weight excluding hydrogens is 632 g/mol. The quantitative estimate of drug-likeness (QED) is 0.131. The molecule has 10 heteroatoms. The molecule has 5 rings (SSSR count). The number of rotatable bonds is 14. The van der Waals surface area contributed by atoms with Gasteiger partial charge in [0.15, 0.2) is 0 Å². The topological polar surface area (TPSA) is 150 Å². The van der Waals surface area contributed by atoms with Crippen molar-refractivity contribution in [2.75, 3.05) is 13.2 Å². The van der Waals surface area contributed by atoms with Crippen molar-refractivity contribution in [3.63, 3.8) is 0 Å². The number of carboxylic acid groups (broad SMARTS) is 2. The van der Waals surface area contributed by atoms with Crippen LogP contribution in [0.3, 0.4) is 0 Å². The minimum atomic E-state index is -0.888. The van der Waals surface area contributed by atoms with Crippen molar-refractivity contribution < 1.29 is 29.3 Å². The van der Waals surface area contributed by atoms with E-state index in [1.54, 1.807) is 0 Å². The van der Waals surface area contributed by atoms with Crippen LogP contribution >= 0.6 is 0 Å². The number of hydrogen-bond donors (Lipinski definition) is 4. The summed E-state index contributed by atoms with van der Waals surface area (Å²) in [6, 6.07) is 8.08. The highest BCUT2D eigenvalue weighted by Gasteiger charge is 2.24. The number of aromatic nitrogens is 4.